The number of carboxylic acids is 1. The number of nitrogens with zero attached hydrogens (tertiary/aromatic N) is 4. The molecule has 11 heteroatoms. The first-order chi connectivity index (χ1) is 17.9. The fourth-order valence-electron chi connectivity index (χ4n) is 4.39. The van der Waals surface area contributed by atoms with Gasteiger partial charge in [-0.1, -0.05) is 11.2 Å². The lowest BCUT2D eigenvalue weighted by Gasteiger charge is -2.17. The van der Waals surface area contributed by atoms with Crippen LogP contribution in [0.4, 0.5) is 14.6 Å². The highest BCUT2D eigenvalue weighted by molar-refractivity contribution is 7.15. The summed E-state index contributed by atoms with van der Waals surface area (Å²) in [5.74, 6) is -0.989. The van der Waals surface area contributed by atoms with Crippen LogP contribution in [0.5, 0.6) is 0 Å². The number of nitrogens with one attached hydrogen (secondary N) is 1. The number of halogens is 2. The number of benzene rings is 1. The summed E-state index contributed by atoms with van der Waals surface area (Å²) in [6.07, 6.45) is 5.94. The van der Waals surface area contributed by atoms with Gasteiger partial charge in [-0.2, -0.15) is 4.98 Å². The molecule has 1 unspecified atom stereocenters. The van der Waals surface area contributed by atoms with Gasteiger partial charge >= 0.3 is 5.97 Å². The van der Waals surface area contributed by atoms with Crippen LogP contribution in [0.15, 0.2) is 41.1 Å². The van der Waals surface area contributed by atoms with E-state index in [-0.39, 0.29) is 12.8 Å². The zero-order valence-electron chi connectivity index (χ0n) is 19.9. The monoisotopic (exact) mass is 525 g/mol. The molecule has 0 spiro atoms. The number of aliphatic carboxylic acids is 1. The van der Waals surface area contributed by atoms with Crippen LogP contribution in [0.2, 0.25) is 0 Å². The molecule has 8 nitrogen and oxygen atoms in total. The number of hydrogen-bond acceptors (Lipinski definition) is 8. The maximum Gasteiger partial charge on any atom is 0.304 e. The summed E-state index contributed by atoms with van der Waals surface area (Å²) in [6, 6.07) is 7.37. The fraction of sp³-hybridized carbons (Fsp3) is 0.346. The second-order valence-corrected chi connectivity index (χ2v) is 10.1. The third-order valence-corrected chi connectivity index (χ3v) is 7.38. The molecule has 192 valence electrons. The largest absolute Gasteiger partial charge is 0.481 e. The molecule has 1 aliphatic rings. The molecule has 1 aliphatic heterocycles. The standard InChI is InChI=1S/C26H25F2N5O3S/c27-18-9-17(10-19(28)13-18)26-30-14-21(37-26)16(12-24(34)35)11-23-32-22(33-36-23)5-1-4-20-7-6-15-3-2-8-29-25(15)31-20/h6-7,9-10,13-14,16H,1-5,8,11-12H2,(H,29,31)(H,34,35). The van der Waals surface area contributed by atoms with Crippen molar-refractivity contribution in [2.24, 2.45) is 0 Å². The van der Waals surface area contributed by atoms with Crippen LogP contribution in [0.3, 0.4) is 0 Å². The van der Waals surface area contributed by atoms with Crippen molar-refractivity contribution in [3.8, 4) is 10.6 Å². The fourth-order valence-corrected chi connectivity index (χ4v) is 5.39. The Balaban J connectivity index is 1.22. The first-order valence-electron chi connectivity index (χ1n) is 12.1. The Kier molecular flexibility index (Phi) is 7.50. The van der Waals surface area contributed by atoms with Crippen molar-refractivity contribution in [2.75, 3.05) is 11.9 Å². The first-order valence-corrected chi connectivity index (χ1v) is 12.9. The number of aromatic nitrogens is 4. The van der Waals surface area contributed by atoms with E-state index in [1.165, 1.54) is 35.2 Å². The lowest BCUT2D eigenvalue weighted by molar-refractivity contribution is -0.137. The minimum absolute atomic E-state index is 0.172. The van der Waals surface area contributed by atoms with E-state index in [9.17, 15) is 18.7 Å². The molecule has 0 radical (unpaired) electrons. The number of carboxylic acid groups (broad SMARTS) is 1. The zero-order valence-corrected chi connectivity index (χ0v) is 20.7. The number of aryl methyl sites for hydroxylation is 3. The quantitative estimate of drug-likeness (QED) is 0.290. The third-order valence-electron chi connectivity index (χ3n) is 6.17. The Labute approximate surface area is 215 Å². The number of hydrogen-bond donors (Lipinski definition) is 2. The van der Waals surface area contributed by atoms with Gasteiger partial charge in [-0.15, -0.1) is 11.3 Å². The third kappa shape index (κ3) is 6.34. The van der Waals surface area contributed by atoms with E-state index in [4.69, 9.17) is 9.51 Å². The average Bonchev–Trinajstić information content (AvgIpc) is 3.53. The smallest absolute Gasteiger partial charge is 0.304 e. The van der Waals surface area contributed by atoms with E-state index < -0.39 is 23.5 Å². The van der Waals surface area contributed by atoms with Gasteiger partial charge in [0.2, 0.25) is 5.89 Å². The Bertz CT molecular complexity index is 1390. The van der Waals surface area contributed by atoms with E-state index in [1.807, 2.05) is 0 Å². The lowest BCUT2D eigenvalue weighted by Crippen LogP contribution is -2.14. The molecule has 1 atom stereocenters. The summed E-state index contributed by atoms with van der Waals surface area (Å²) in [4.78, 5) is 25.6. The molecule has 2 N–H and O–H groups in total. The van der Waals surface area contributed by atoms with Gasteiger partial charge in [0.05, 0.1) is 6.42 Å². The molecule has 3 aromatic heterocycles. The summed E-state index contributed by atoms with van der Waals surface area (Å²) in [5, 5.41) is 17.2. The highest BCUT2D eigenvalue weighted by Crippen LogP contribution is 2.34. The Morgan fingerprint density at radius 1 is 1.16 bits per heavy atom. The van der Waals surface area contributed by atoms with Crippen LogP contribution >= 0.6 is 11.3 Å². The van der Waals surface area contributed by atoms with Crippen molar-refractivity contribution in [3.63, 3.8) is 0 Å². The highest BCUT2D eigenvalue weighted by Gasteiger charge is 2.23. The second-order valence-electron chi connectivity index (χ2n) is 9.02. The predicted molar refractivity (Wildman–Crippen MR) is 134 cm³/mol. The summed E-state index contributed by atoms with van der Waals surface area (Å²) in [5.41, 5.74) is 2.56. The molecule has 0 aliphatic carbocycles. The van der Waals surface area contributed by atoms with E-state index in [2.05, 4.69) is 32.6 Å². The normalized spacial score (nSPS) is 13.7. The molecular weight excluding hydrogens is 500 g/mol. The van der Waals surface area contributed by atoms with Crippen LogP contribution in [0, 0.1) is 11.6 Å². The van der Waals surface area contributed by atoms with Crippen LogP contribution in [-0.2, 0) is 30.5 Å². The molecule has 4 heterocycles. The number of carbonyl (C=O) groups is 1. The number of pyridine rings is 1. The van der Waals surface area contributed by atoms with Gasteiger partial charge in [-0.05, 0) is 49.4 Å². The number of anilines is 1. The molecule has 1 aromatic carbocycles. The molecular formula is C26H25F2N5O3S. The van der Waals surface area contributed by atoms with Crippen molar-refractivity contribution < 1.29 is 23.2 Å². The lowest BCUT2D eigenvalue weighted by atomic mass is 10.0. The van der Waals surface area contributed by atoms with Crippen LogP contribution in [-0.4, -0.2) is 37.7 Å². The SMILES string of the molecule is O=C(O)CC(Cc1nc(CCCc2ccc3c(n2)NCCC3)no1)c1cnc(-c2cc(F)cc(F)c2)s1. The van der Waals surface area contributed by atoms with E-state index in [1.54, 1.807) is 0 Å². The summed E-state index contributed by atoms with van der Waals surface area (Å²) in [6.45, 7) is 0.949. The van der Waals surface area contributed by atoms with Gasteiger partial charge in [0.25, 0.3) is 0 Å². The molecule has 4 aromatic rings. The van der Waals surface area contributed by atoms with Crippen molar-refractivity contribution in [1.29, 1.82) is 0 Å². The van der Waals surface area contributed by atoms with Crippen molar-refractivity contribution in [2.45, 2.75) is 50.9 Å². The van der Waals surface area contributed by atoms with Gasteiger partial charge in [0.1, 0.15) is 22.5 Å². The zero-order chi connectivity index (χ0) is 25.8. The summed E-state index contributed by atoms with van der Waals surface area (Å²) < 4.78 is 32.6. The van der Waals surface area contributed by atoms with E-state index in [0.717, 1.165) is 49.8 Å². The molecule has 0 saturated heterocycles. The molecule has 0 saturated carbocycles. The van der Waals surface area contributed by atoms with Crippen LogP contribution in [0.1, 0.15) is 53.0 Å². The number of thiazole rings is 1. The molecule has 0 bridgehead atoms. The Hall–Kier alpha value is -3.73. The number of fused-ring (bicyclic) bond motifs is 1. The molecule has 5 rings (SSSR count). The molecule has 0 fully saturated rings. The Morgan fingerprint density at radius 3 is 2.81 bits per heavy atom. The van der Waals surface area contributed by atoms with Crippen molar-refractivity contribution in [3.05, 3.63) is 76.0 Å². The van der Waals surface area contributed by atoms with Gasteiger partial charge in [0, 0.05) is 53.7 Å². The Morgan fingerprint density at radius 2 is 2.00 bits per heavy atom. The minimum Gasteiger partial charge on any atom is -0.481 e. The maximum atomic E-state index is 13.6. The van der Waals surface area contributed by atoms with Gasteiger partial charge in [0.15, 0.2) is 5.82 Å². The first kappa shape index (κ1) is 24.9. The van der Waals surface area contributed by atoms with E-state index >= 15 is 0 Å². The number of rotatable bonds is 10. The topological polar surface area (TPSA) is 114 Å². The van der Waals surface area contributed by atoms with E-state index in [0.29, 0.717) is 33.6 Å². The van der Waals surface area contributed by atoms with Gasteiger partial charge in [-0.25, -0.2) is 18.7 Å². The van der Waals surface area contributed by atoms with Gasteiger partial charge < -0.3 is 14.9 Å². The van der Waals surface area contributed by atoms with Crippen molar-refractivity contribution in [1.82, 2.24) is 20.1 Å². The van der Waals surface area contributed by atoms with Gasteiger partial charge in [-0.3, -0.25) is 4.79 Å². The average molecular weight is 526 g/mol. The summed E-state index contributed by atoms with van der Waals surface area (Å²) >= 11 is 1.19. The molecule has 0 amide bonds. The maximum absolute atomic E-state index is 13.6. The summed E-state index contributed by atoms with van der Waals surface area (Å²) in [7, 11) is 0. The highest BCUT2D eigenvalue weighted by atomic mass is 32.1. The second kappa shape index (κ2) is 11.1. The minimum atomic E-state index is -0.983. The van der Waals surface area contributed by atoms with Crippen molar-refractivity contribution >= 4 is 23.1 Å². The predicted octanol–water partition coefficient (Wildman–Crippen LogP) is 5.20. The van der Waals surface area contributed by atoms with Crippen LogP contribution in [0.25, 0.3) is 10.6 Å². The molecule has 37 heavy (non-hydrogen) atoms. The van der Waals surface area contributed by atoms with Crippen LogP contribution < -0.4 is 5.32 Å².